The standard InChI is InChI=1S/3CH2O3.Ca/c3*2-1(3)4;/h3*(H2,2,3,4);/q;;;+2/p-2. The Hall–Kier alpha value is -0.930. The Morgan fingerprint density at radius 1 is 0.769 bits per heavy atom. The molecule has 0 aliphatic heterocycles. The van der Waals surface area contributed by atoms with E-state index >= 15 is 0 Å². The second-order valence-corrected chi connectivity index (χ2v) is 0.814. The Morgan fingerprint density at radius 2 is 0.769 bits per heavy atom. The van der Waals surface area contributed by atoms with E-state index in [0.717, 1.165) is 0 Å². The molecule has 0 saturated carbocycles. The summed E-state index contributed by atoms with van der Waals surface area (Å²) in [5.74, 6) is 0. The normalized spacial score (nSPS) is 5.54. The maximum atomic E-state index is 8.56. The van der Waals surface area contributed by atoms with Crippen molar-refractivity contribution in [1.82, 2.24) is 0 Å². The molecule has 0 aliphatic rings. The van der Waals surface area contributed by atoms with Crippen molar-refractivity contribution in [2.75, 3.05) is 0 Å². The molecule has 4 N–H and O–H groups in total. The van der Waals surface area contributed by atoms with Crippen LogP contribution in [-0.4, -0.2) is 76.6 Å². The number of carboxylic acid groups (broad SMARTS) is 6. The van der Waals surface area contributed by atoms with Gasteiger partial charge in [-0.3, -0.25) is 0 Å². The third-order valence-corrected chi connectivity index (χ3v) is 0. The van der Waals surface area contributed by atoms with E-state index in [1.165, 1.54) is 0 Å². The van der Waals surface area contributed by atoms with Gasteiger partial charge in [0.15, 0.2) is 0 Å². The Bertz CT molecular complexity index is 112. The molecule has 0 atom stereocenters. The first-order valence-corrected chi connectivity index (χ1v) is 1.92. The van der Waals surface area contributed by atoms with E-state index < -0.39 is 18.5 Å². The smallest absolute Gasteiger partial charge is 0.565 e. The van der Waals surface area contributed by atoms with Crippen LogP contribution in [-0.2, 0) is 0 Å². The van der Waals surface area contributed by atoms with Gasteiger partial charge in [0, 0.05) is 0 Å². The zero-order valence-electron chi connectivity index (χ0n) is 6.04. The minimum Gasteiger partial charge on any atom is -0.565 e. The van der Waals surface area contributed by atoms with Crippen molar-refractivity contribution >= 4 is 56.2 Å². The van der Waals surface area contributed by atoms with Crippen molar-refractivity contribution in [3.05, 3.63) is 0 Å². The molecule has 0 aromatic carbocycles. The minimum absolute atomic E-state index is 0. The van der Waals surface area contributed by atoms with Gasteiger partial charge in [-0.25, -0.2) is 4.79 Å². The molecule has 0 amide bonds. The van der Waals surface area contributed by atoms with E-state index in [2.05, 4.69) is 0 Å². The molecule has 72 valence electrons. The van der Waals surface area contributed by atoms with E-state index in [9.17, 15) is 0 Å². The van der Waals surface area contributed by atoms with Gasteiger partial charge in [0.25, 0.3) is 0 Å². The fourth-order valence-electron chi connectivity index (χ4n) is 0. The van der Waals surface area contributed by atoms with Gasteiger partial charge < -0.3 is 40.2 Å². The number of hydrogen-bond acceptors (Lipinski definition) is 5. The van der Waals surface area contributed by atoms with Crippen LogP contribution < -0.4 is 10.2 Å². The van der Waals surface area contributed by atoms with Gasteiger partial charge in [-0.1, -0.05) is 0 Å². The molecular formula is C3H4CaO9. The molecule has 0 unspecified atom stereocenters. The second-order valence-electron chi connectivity index (χ2n) is 0.814. The first-order valence-electron chi connectivity index (χ1n) is 1.92. The molecule has 0 fully saturated rings. The van der Waals surface area contributed by atoms with E-state index in [-0.39, 0.29) is 37.7 Å². The van der Waals surface area contributed by atoms with Crippen LogP contribution in [0.4, 0.5) is 14.4 Å². The predicted octanol–water partition coefficient (Wildman–Crippen LogP) is -2.38. The van der Waals surface area contributed by atoms with Crippen LogP contribution in [0.25, 0.3) is 0 Å². The topological polar surface area (TPSA) is 178 Å². The summed E-state index contributed by atoms with van der Waals surface area (Å²) in [6.45, 7) is 0. The maximum Gasteiger partial charge on any atom is 2.00 e. The van der Waals surface area contributed by atoms with Gasteiger partial charge in [0.2, 0.25) is 12.3 Å². The summed E-state index contributed by atoms with van der Waals surface area (Å²) in [4.78, 5) is 25.4. The zero-order chi connectivity index (χ0) is 10.7. The quantitative estimate of drug-likeness (QED) is 0.326. The van der Waals surface area contributed by atoms with Crippen LogP contribution in [0.2, 0.25) is 0 Å². The molecule has 9 nitrogen and oxygen atoms in total. The average Bonchev–Trinajstić information content (AvgIpc) is 1.54. The second kappa shape index (κ2) is 17.2. The number of rotatable bonds is 0. The molecule has 0 spiro atoms. The monoisotopic (exact) mass is 224 g/mol. The SMILES string of the molecule is O=C(O)O.O=C([O-])O.O=C([O-])O.[Ca+2]. The molecule has 0 radical (unpaired) electrons. The third-order valence-electron chi connectivity index (χ3n) is 0. The van der Waals surface area contributed by atoms with Gasteiger partial charge in [-0.05, 0) is 0 Å². The van der Waals surface area contributed by atoms with E-state index in [1.54, 1.807) is 0 Å². The number of hydrogen-bond donors (Lipinski definition) is 4. The van der Waals surface area contributed by atoms with Gasteiger partial charge in [0.05, 0.1) is 0 Å². The summed E-state index contributed by atoms with van der Waals surface area (Å²) >= 11 is 0. The predicted molar refractivity (Wildman–Crippen MR) is 32.5 cm³/mol. The van der Waals surface area contributed by atoms with E-state index in [4.69, 9.17) is 45.0 Å². The molecule has 0 bridgehead atoms. The minimum atomic E-state index is -2.08. The molecule has 0 aromatic rings. The fraction of sp³-hybridized carbons (Fsp3) is 0. The van der Waals surface area contributed by atoms with Crippen LogP contribution in [0.15, 0.2) is 0 Å². The van der Waals surface area contributed by atoms with Crippen molar-refractivity contribution in [3.63, 3.8) is 0 Å². The first kappa shape index (κ1) is 22.7. The Balaban J connectivity index is -0.0000000450. The van der Waals surface area contributed by atoms with Gasteiger partial charge in [-0.15, -0.1) is 0 Å². The summed E-state index contributed by atoms with van der Waals surface area (Å²) in [5, 5.41) is 44.6. The Kier molecular flexibility index (Phi) is 30.1. The van der Waals surface area contributed by atoms with Crippen LogP contribution >= 0.6 is 0 Å². The van der Waals surface area contributed by atoms with Gasteiger partial charge in [-0.2, -0.15) is 0 Å². The van der Waals surface area contributed by atoms with E-state index in [1.807, 2.05) is 0 Å². The largest absolute Gasteiger partial charge is 2.00 e. The first-order chi connectivity index (χ1) is 5.20. The number of carbonyl (C=O) groups is 3. The zero-order valence-corrected chi connectivity index (χ0v) is 8.25. The summed E-state index contributed by atoms with van der Waals surface area (Å²) in [6, 6.07) is 0. The van der Waals surface area contributed by atoms with E-state index in [0.29, 0.717) is 0 Å². The van der Waals surface area contributed by atoms with Crippen molar-refractivity contribution < 1.29 is 45.0 Å². The molecule has 10 heteroatoms. The Labute approximate surface area is 101 Å². The van der Waals surface area contributed by atoms with Crippen molar-refractivity contribution in [1.29, 1.82) is 0 Å². The summed E-state index contributed by atoms with van der Waals surface area (Å²) in [6.07, 6.45) is -6.00. The van der Waals surface area contributed by atoms with Gasteiger partial charge >= 0.3 is 43.9 Å². The molecule has 0 aliphatic carbocycles. The van der Waals surface area contributed by atoms with Crippen molar-refractivity contribution in [2.24, 2.45) is 0 Å². The molecular weight excluding hydrogens is 220 g/mol. The van der Waals surface area contributed by atoms with Crippen molar-refractivity contribution in [2.45, 2.75) is 0 Å². The average molecular weight is 224 g/mol. The third kappa shape index (κ3) is 1050. The van der Waals surface area contributed by atoms with Crippen LogP contribution in [0.5, 0.6) is 0 Å². The molecule has 0 rings (SSSR count). The van der Waals surface area contributed by atoms with Crippen molar-refractivity contribution in [3.8, 4) is 0 Å². The fourth-order valence-corrected chi connectivity index (χ4v) is 0. The van der Waals surface area contributed by atoms with Crippen LogP contribution in [0.1, 0.15) is 0 Å². The molecule has 0 saturated heterocycles. The molecule has 0 aromatic heterocycles. The Morgan fingerprint density at radius 3 is 0.769 bits per heavy atom. The van der Waals surface area contributed by atoms with Crippen LogP contribution in [0, 0.1) is 0 Å². The summed E-state index contributed by atoms with van der Waals surface area (Å²) < 4.78 is 0. The maximum absolute atomic E-state index is 8.56. The summed E-state index contributed by atoms with van der Waals surface area (Å²) in [7, 11) is 0. The summed E-state index contributed by atoms with van der Waals surface area (Å²) in [5.41, 5.74) is 0. The molecule has 0 heterocycles. The molecule has 13 heavy (non-hydrogen) atoms. The van der Waals surface area contributed by atoms with Crippen LogP contribution in [0.3, 0.4) is 0 Å². The van der Waals surface area contributed by atoms with Gasteiger partial charge in [0.1, 0.15) is 0 Å².